The molecule has 1 atom stereocenters. The molecule has 0 aromatic carbocycles. The van der Waals surface area contributed by atoms with Crippen molar-refractivity contribution in [2.75, 3.05) is 12.3 Å². The molecule has 0 radical (unpaired) electrons. The van der Waals surface area contributed by atoms with Crippen molar-refractivity contribution in [3.63, 3.8) is 0 Å². The van der Waals surface area contributed by atoms with Gasteiger partial charge in [-0.15, -0.1) is 18.3 Å². The lowest BCUT2D eigenvalue weighted by Gasteiger charge is -2.08. The summed E-state index contributed by atoms with van der Waals surface area (Å²) in [5.41, 5.74) is 0. The largest absolute Gasteiger partial charge is 0.355 e. The van der Waals surface area contributed by atoms with Crippen molar-refractivity contribution in [2.24, 2.45) is 0 Å². The number of carbonyl (C=O) groups excluding carboxylic acids is 1. The molecule has 0 bridgehead atoms. The molecule has 1 N–H and O–H groups in total. The van der Waals surface area contributed by atoms with Gasteiger partial charge in [-0.05, 0) is 25.0 Å². The highest BCUT2D eigenvalue weighted by Crippen LogP contribution is 2.25. The van der Waals surface area contributed by atoms with Crippen LogP contribution in [-0.4, -0.2) is 23.5 Å². The van der Waals surface area contributed by atoms with E-state index >= 15 is 0 Å². The van der Waals surface area contributed by atoms with E-state index in [0.29, 0.717) is 0 Å². The van der Waals surface area contributed by atoms with Crippen LogP contribution < -0.4 is 5.32 Å². The lowest BCUT2D eigenvalue weighted by atomic mass is 10.2. The van der Waals surface area contributed by atoms with Crippen molar-refractivity contribution in [3.05, 3.63) is 12.7 Å². The third-order valence-corrected chi connectivity index (χ3v) is 3.25. The zero-order valence-corrected chi connectivity index (χ0v) is 8.03. The predicted molar refractivity (Wildman–Crippen MR) is 53.3 cm³/mol. The normalized spacial score (nSPS) is 22.2. The molecule has 1 aliphatic heterocycles. The Kier molecular flexibility index (Phi) is 4.22. The van der Waals surface area contributed by atoms with Gasteiger partial charge in [0.1, 0.15) is 0 Å². The number of carbonyl (C=O) groups is 1. The van der Waals surface area contributed by atoms with Crippen LogP contribution in [0.2, 0.25) is 0 Å². The fraction of sp³-hybridized carbons (Fsp3) is 0.667. The zero-order chi connectivity index (χ0) is 8.81. The van der Waals surface area contributed by atoms with Gasteiger partial charge in [0.05, 0.1) is 5.25 Å². The fourth-order valence-corrected chi connectivity index (χ4v) is 2.38. The van der Waals surface area contributed by atoms with E-state index in [1.807, 2.05) is 6.08 Å². The molecule has 0 aromatic rings. The van der Waals surface area contributed by atoms with Crippen LogP contribution in [0.3, 0.4) is 0 Å². The van der Waals surface area contributed by atoms with Gasteiger partial charge in [-0.25, -0.2) is 0 Å². The highest BCUT2D eigenvalue weighted by atomic mass is 32.2. The lowest BCUT2D eigenvalue weighted by molar-refractivity contribution is -0.120. The molecule has 3 heteroatoms. The SMILES string of the molecule is C=CCCNC(=O)C1CCCS1. The Morgan fingerprint density at radius 1 is 1.75 bits per heavy atom. The summed E-state index contributed by atoms with van der Waals surface area (Å²) in [6.45, 7) is 4.33. The van der Waals surface area contributed by atoms with Crippen LogP contribution in [-0.2, 0) is 4.79 Å². The van der Waals surface area contributed by atoms with Crippen LogP contribution in [0.25, 0.3) is 0 Å². The molecule has 1 fully saturated rings. The summed E-state index contributed by atoms with van der Waals surface area (Å²) < 4.78 is 0. The maximum atomic E-state index is 11.4. The lowest BCUT2D eigenvalue weighted by Crippen LogP contribution is -2.31. The second-order valence-corrected chi connectivity index (χ2v) is 4.18. The molecule has 0 saturated carbocycles. The van der Waals surface area contributed by atoms with Gasteiger partial charge < -0.3 is 5.32 Å². The van der Waals surface area contributed by atoms with Gasteiger partial charge in [0.15, 0.2) is 0 Å². The highest BCUT2D eigenvalue weighted by molar-refractivity contribution is 8.00. The molecule has 0 aromatic heterocycles. The van der Waals surface area contributed by atoms with E-state index in [4.69, 9.17) is 0 Å². The molecule has 1 aliphatic rings. The molecule has 1 amide bonds. The Morgan fingerprint density at radius 3 is 3.17 bits per heavy atom. The first-order valence-corrected chi connectivity index (χ1v) is 5.39. The van der Waals surface area contributed by atoms with Crippen molar-refractivity contribution in [3.8, 4) is 0 Å². The average Bonchev–Trinajstić information content (AvgIpc) is 2.56. The molecule has 1 saturated heterocycles. The molecule has 68 valence electrons. The summed E-state index contributed by atoms with van der Waals surface area (Å²) in [5, 5.41) is 3.11. The monoisotopic (exact) mass is 185 g/mol. The molecular formula is C9H15NOS. The van der Waals surface area contributed by atoms with Gasteiger partial charge in [0.25, 0.3) is 0 Å². The van der Waals surface area contributed by atoms with Gasteiger partial charge in [-0.2, -0.15) is 0 Å². The predicted octanol–water partition coefficient (Wildman–Crippen LogP) is 1.57. The molecule has 1 heterocycles. The maximum absolute atomic E-state index is 11.4. The zero-order valence-electron chi connectivity index (χ0n) is 7.21. The quantitative estimate of drug-likeness (QED) is 0.532. The topological polar surface area (TPSA) is 29.1 Å². The maximum Gasteiger partial charge on any atom is 0.233 e. The second kappa shape index (κ2) is 5.25. The minimum Gasteiger partial charge on any atom is -0.355 e. The Morgan fingerprint density at radius 2 is 2.58 bits per heavy atom. The smallest absolute Gasteiger partial charge is 0.233 e. The molecular weight excluding hydrogens is 170 g/mol. The number of rotatable bonds is 4. The number of amides is 1. The van der Waals surface area contributed by atoms with E-state index in [9.17, 15) is 4.79 Å². The third kappa shape index (κ3) is 2.89. The third-order valence-electron chi connectivity index (χ3n) is 1.87. The van der Waals surface area contributed by atoms with E-state index in [2.05, 4.69) is 11.9 Å². The first-order valence-electron chi connectivity index (χ1n) is 4.35. The van der Waals surface area contributed by atoms with Crippen LogP contribution in [0, 0.1) is 0 Å². The highest BCUT2D eigenvalue weighted by Gasteiger charge is 2.22. The van der Waals surface area contributed by atoms with Crippen molar-refractivity contribution in [2.45, 2.75) is 24.5 Å². The van der Waals surface area contributed by atoms with Crippen LogP contribution in [0.5, 0.6) is 0 Å². The van der Waals surface area contributed by atoms with Crippen molar-refractivity contribution >= 4 is 17.7 Å². The number of thioether (sulfide) groups is 1. The standard InChI is InChI=1S/C9H15NOS/c1-2-3-6-10-9(11)8-5-4-7-12-8/h2,8H,1,3-7H2,(H,10,11). The summed E-state index contributed by atoms with van der Waals surface area (Å²) in [4.78, 5) is 11.4. The van der Waals surface area contributed by atoms with Crippen LogP contribution >= 0.6 is 11.8 Å². The van der Waals surface area contributed by atoms with Crippen LogP contribution in [0.15, 0.2) is 12.7 Å². The molecule has 2 nitrogen and oxygen atoms in total. The average molecular weight is 185 g/mol. The van der Waals surface area contributed by atoms with Gasteiger partial charge in [0.2, 0.25) is 5.91 Å². The van der Waals surface area contributed by atoms with E-state index in [0.717, 1.165) is 25.1 Å². The molecule has 12 heavy (non-hydrogen) atoms. The van der Waals surface area contributed by atoms with Crippen molar-refractivity contribution < 1.29 is 4.79 Å². The number of hydrogen-bond acceptors (Lipinski definition) is 2. The summed E-state index contributed by atoms with van der Waals surface area (Å²) in [5.74, 6) is 1.35. The summed E-state index contributed by atoms with van der Waals surface area (Å²) in [6.07, 6.45) is 4.92. The first kappa shape index (κ1) is 9.65. The summed E-state index contributed by atoms with van der Waals surface area (Å²) in [6, 6.07) is 0. The minimum atomic E-state index is 0.208. The summed E-state index contributed by atoms with van der Waals surface area (Å²) >= 11 is 1.77. The molecule has 1 rings (SSSR count). The van der Waals surface area contributed by atoms with E-state index in [1.165, 1.54) is 6.42 Å². The van der Waals surface area contributed by atoms with Crippen LogP contribution in [0.4, 0.5) is 0 Å². The van der Waals surface area contributed by atoms with Gasteiger partial charge in [0, 0.05) is 6.54 Å². The van der Waals surface area contributed by atoms with Gasteiger partial charge in [-0.1, -0.05) is 6.08 Å². The van der Waals surface area contributed by atoms with E-state index < -0.39 is 0 Å². The number of nitrogens with one attached hydrogen (secondary N) is 1. The fourth-order valence-electron chi connectivity index (χ4n) is 1.20. The van der Waals surface area contributed by atoms with E-state index in [1.54, 1.807) is 11.8 Å². The van der Waals surface area contributed by atoms with Crippen LogP contribution in [0.1, 0.15) is 19.3 Å². The first-order chi connectivity index (χ1) is 5.84. The molecule has 1 unspecified atom stereocenters. The Balaban J connectivity index is 2.14. The van der Waals surface area contributed by atoms with Gasteiger partial charge >= 0.3 is 0 Å². The Hall–Kier alpha value is -0.440. The second-order valence-electron chi connectivity index (χ2n) is 2.87. The van der Waals surface area contributed by atoms with E-state index in [-0.39, 0.29) is 11.2 Å². The molecule has 0 spiro atoms. The molecule has 0 aliphatic carbocycles. The minimum absolute atomic E-state index is 0.208. The summed E-state index contributed by atoms with van der Waals surface area (Å²) in [7, 11) is 0. The van der Waals surface area contributed by atoms with Crippen molar-refractivity contribution in [1.29, 1.82) is 0 Å². The van der Waals surface area contributed by atoms with Gasteiger partial charge in [-0.3, -0.25) is 4.79 Å². The van der Waals surface area contributed by atoms with Crippen molar-refractivity contribution in [1.82, 2.24) is 5.32 Å². The Labute approximate surface area is 77.8 Å². The number of hydrogen-bond donors (Lipinski definition) is 1. The Bertz CT molecular complexity index is 164.